The highest BCUT2D eigenvalue weighted by molar-refractivity contribution is 7.88. The zero-order chi connectivity index (χ0) is 28.3. The molecule has 39 heavy (non-hydrogen) atoms. The number of nitrogens with two attached hydrogens (primary N) is 1. The molecule has 1 aliphatic rings. The minimum atomic E-state index is -3.51. The predicted molar refractivity (Wildman–Crippen MR) is 150 cm³/mol. The lowest BCUT2D eigenvalue weighted by atomic mass is 10.1. The van der Waals surface area contributed by atoms with Gasteiger partial charge in [-0.05, 0) is 36.4 Å². The number of aromatic nitrogens is 2. The normalized spacial score (nSPS) is 15.3. The highest BCUT2D eigenvalue weighted by Crippen LogP contribution is 2.37. The molecule has 3 aromatic rings. The van der Waals surface area contributed by atoms with Crippen LogP contribution in [0.25, 0.3) is 11.3 Å². The van der Waals surface area contributed by atoms with E-state index in [-0.39, 0.29) is 37.0 Å². The molecule has 1 aromatic carbocycles. The van der Waals surface area contributed by atoms with Crippen LogP contribution in [0, 0.1) is 5.21 Å². The first kappa shape index (κ1) is 28.8. The number of anilines is 4. The number of quaternary nitrogens is 1. The van der Waals surface area contributed by atoms with Crippen molar-refractivity contribution in [3.05, 3.63) is 57.7 Å². The Balaban J connectivity index is 1.53. The number of rotatable bonds is 9. The molecule has 0 saturated carbocycles. The van der Waals surface area contributed by atoms with Crippen LogP contribution < -0.4 is 26.5 Å². The first-order valence-electron chi connectivity index (χ1n) is 11.6. The van der Waals surface area contributed by atoms with Gasteiger partial charge in [0.15, 0.2) is 5.82 Å². The predicted octanol–water partition coefficient (Wildman–Crippen LogP) is 1.57. The van der Waals surface area contributed by atoms with E-state index in [1.54, 1.807) is 30.3 Å². The Labute approximate surface area is 234 Å². The summed E-state index contributed by atoms with van der Waals surface area (Å²) in [5.41, 5.74) is 7.07. The molecule has 1 fully saturated rings. The molecule has 13 nitrogen and oxygen atoms in total. The first-order valence-corrected chi connectivity index (χ1v) is 14.2. The van der Waals surface area contributed by atoms with Gasteiger partial charge in [0.05, 0.1) is 29.2 Å². The Morgan fingerprint density at radius 3 is 2.33 bits per heavy atom. The highest BCUT2D eigenvalue weighted by Gasteiger charge is 2.32. The molecular formula is C23H26Cl2N8O5S. The maximum absolute atomic E-state index is 13.0. The van der Waals surface area contributed by atoms with Crippen molar-refractivity contribution < 1.29 is 23.6 Å². The summed E-state index contributed by atoms with van der Waals surface area (Å²) < 4.78 is 25.0. The van der Waals surface area contributed by atoms with Gasteiger partial charge in [0.25, 0.3) is 0 Å². The molecule has 0 aliphatic carbocycles. The van der Waals surface area contributed by atoms with Gasteiger partial charge in [0.2, 0.25) is 21.6 Å². The Kier molecular flexibility index (Phi) is 8.76. The number of pyridine rings is 2. The SMILES string of the molecule is CS(=O)(=O)N1CCN(c2ccc(NCCNc3ccc([NH+]([O-])O)c(N)n3)nc2-c2ccc(Cl)cc2Cl)C(=O)C1. The number of sulfonamides is 1. The average Bonchev–Trinajstić information content (AvgIpc) is 2.86. The van der Waals surface area contributed by atoms with Crippen molar-refractivity contribution >= 4 is 68.0 Å². The molecule has 0 spiro atoms. The summed E-state index contributed by atoms with van der Waals surface area (Å²) in [6, 6.07) is 11.3. The third kappa shape index (κ3) is 6.86. The lowest BCUT2D eigenvalue weighted by molar-refractivity contribution is -0.990. The molecule has 1 aliphatic heterocycles. The van der Waals surface area contributed by atoms with Crippen LogP contribution in [0.4, 0.5) is 28.8 Å². The van der Waals surface area contributed by atoms with Gasteiger partial charge in [-0.25, -0.2) is 23.6 Å². The van der Waals surface area contributed by atoms with Crippen LogP contribution in [0.5, 0.6) is 0 Å². The quantitative estimate of drug-likeness (QED) is 0.179. The van der Waals surface area contributed by atoms with Gasteiger partial charge >= 0.3 is 0 Å². The molecular weight excluding hydrogens is 571 g/mol. The molecule has 16 heteroatoms. The van der Waals surface area contributed by atoms with Gasteiger partial charge in [-0.1, -0.05) is 23.2 Å². The number of hydrogen-bond donors (Lipinski definition) is 5. The summed E-state index contributed by atoms with van der Waals surface area (Å²) in [5, 5.41) is 26.0. The minimum Gasteiger partial charge on any atom is -0.595 e. The average molecular weight is 597 g/mol. The number of carbonyl (C=O) groups excluding carboxylic acids is 1. The Hall–Kier alpha value is -3.24. The van der Waals surface area contributed by atoms with Crippen molar-refractivity contribution in [2.75, 3.05) is 60.2 Å². The van der Waals surface area contributed by atoms with Crippen molar-refractivity contribution in [2.45, 2.75) is 0 Å². The molecule has 0 bridgehead atoms. The highest BCUT2D eigenvalue weighted by atomic mass is 35.5. The van der Waals surface area contributed by atoms with Crippen LogP contribution in [0.2, 0.25) is 10.0 Å². The van der Waals surface area contributed by atoms with Crippen molar-refractivity contribution in [3.8, 4) is 11.3 Å². The lowest BCUT2D eigenvalue weighted by Crippen LogP contribution is -2.99. The van der Waals surface area contributed by atoms with E-state index in [0.717, 1.165) is 10.6 Å². The monoisotopic (exact) mass is 596 g/mol. The third-order valence-corrected chi connectivity index (χ3v) is 7.70. The van der Waals surface area contributed by atoms with Crippen molar-refractivity contribution in [1.29, 1.82) is 0 Å². The lowest BCUT2D eigenvalue weighted by Gasteiger charge is -2.33. The number of nitrogen functional groups attached to an aromatic ring is 1. The van der Waals surface area contributed by atoms with Gasteiger partial charge in [-0.3, -0.25) is 4.79 Å². The maximum Gasteiger partial charge on any atom is 0.242 e. The zero-order valence-corrected chi connectivity index (χ0v) is 23.0. The number of carbonyl (C=O) groups is 1. The van der Waals surface area contributed by atoms with Gasteiger partial charge in [0.1, 0.15) is 11.6 Å². The molecule has 1 saturated heterocycles. The second-order valence-corrected chi connectivity index (χ2v) is 11.4. The van der Waals surface area contributed by atoms with E-state index in [0.29, 0.717) is 51.7 Å². The second kappa shape index (κ2) is 11.9. The Bertz CT molecular complexity index is 1490. The first-order chi connectivity index (χ1) is 18.4. The molecule has 208 valence electrons. The van der Waals surface area contributed by atoms with Crippen LogP contribution in [0.15, 0.2) is 42.5 Å². The number of nitrogens with zero attached hydrogens (tertiary/aromatic N) is 4. The number of amides is 1. The molecule has 2 aromatic heterocycles. The van der Waals surface area contributed by atoms with Crippen LogP contribution in [-0.4, -0.2) is 72.8 Å². The Morgan fingerprint density at radius 2 is 1.74 bits per heavy atom. The number of hydrogen-bond acceptors (Lipinski definition) is 10. The van der Waals surface area contributed by atoms with Crippen LogP contribution >= 0.6 is 23.2 Å². The molecule has 6 N–H and O–H groups in total. The van der Waals surface area contributed by atoms with Crippen LogP contribution in [0.1, 0.15) is 0 Å². The van der Waals surface area contributed by atoms with E-state index in [9.17, 15) is 18.4 Å². The smallest absolute Gasteiger partial charge is 0.242 e. The maximum atomic E-state index is 13.0. The molecule has 1 amide bonds. The van der Waals surface area contributed by atoms with Crippen LogP contribution in [-0.2, 0) is 14.8 Å². The number of benzene rings is 1. The van der Waals surface area contributed by atoms with E-state index in [4.69, 9.17) is 39.1 Å². The fourth-order valence-corrected chi connectivity index (χ4v) is 5.23. The topological polar surface area (TPSA) is 181 Å². The summed E-state index contributed by atoms with van der Waals surface area (Å²) in [4.78, 5) is 23.2. The van der Waals surface area contributed by atoms with E-state index in [2.05, 4.69) is 15.6 Å². The third-order valence-electron chi connectivity index (χ3n) is 5.90. The van der Waals surface area contributed by atoms with E-state index in [1.807, 2.05) is 0 Å². The van der Waals surface area contributed by atoms with Gasteiger partial charge in [-0.2, -0.15) is 9.53 Å². The summed E-state index contributed by atoms with van der Waals surface area (Å²) >= 11 is 12.6. The fraction of sp³-hybridized carbons (Fsp3) is 0.261. The molecule has 1 atom stereocenters. The number of piperazine rings is 1. The van der Waals surface area contributed by atoms with Gasteiger partial charge in [-0.15, -0.1) is 0 Å². The Morgan fingerprint density at radius 1 is 1.08 bits per heavy atom. The largest absolute Gasteiger partial charge is 0.595 e. The molecule has 1 unspecified atom stereocenters. The number of halogens is 2. The zero-order valence-electron chi connectivity index (χ0n) is 20.7. The van der Waals surface area contributed by atoms with Crippen molar-refractivity contribution in [1.82, 2.24) is 14.3 Å². The van der Waals surface area contributed by atoms with Gasteiger partial charge < -0.3 is 26.5 Å². The minimum absolute atomic E-state index is 0.0763. The van der Waals surface area contributed by atoms with E-state index >= 15 is 0 Å². The fourth-order valence-electron chi connectivity index (χ4n) is 3.97. The standard InChI is InChI=1S/C23H26Cl2N8O5S/c1-39(37,38)31-10-11-32(21(34)13-31)17-4-6-19(29-22(17)15-3-2-14(24)12-16(15)25)27-8-9-28-20-7-5-18(33(35)36)23(26)30-20/h2-7,12,33,35H,8-11,13H2,1H3,(H,27,29)(H3,26,28,30). The summed E-state index contributed by atoms with van der Waals surface area (Å²) in [5.74, 6) is 0.444. The van der Waals surface area contributed by atoms with Crippen LogP contribution in [0.3, 0.4) is 0 Å². The molecule has 3 heterocycles. The van der Waals surface area contributed by atoms with E-state index in [1.165, 1.54) is 17.0 Å². The summed E-state index contributed by atoms with van der Waals surface area (Å²) in [6.07, 6.45) is 1.07. The summed E-state index contributed by atoms with van der Waals surface area (Å²) in [6.45, 7) is 0.846. The summed E-state index contributed by atoms with van der Waals surface area (Å²) in [7, 11) is -3.51. The molecule has 4 rings (SSSR count). The van der Waals surface area contributed by atoms with Gasteiger partial charge in [0, 0.05) is 42.8 Å². The van der Waals surface area contributed by atoms with E-state index < -0.39 is 15.2 Å². The number of nitrogens with one attached hydrogen (secondary N) is 3. The second-order valence-electron chi connectivity index (χ2n) is 8.62. The van der Waals surface area contributed by atoms with Crippen molar-refractivity contribution in [3.63, 3.8) is 0 Å². The van der Waals surface area contributed by atoms with Crippen molar-refractivity contribution in [2.24, 2.45) is 0 Å². The molecule has 0 radical (unpaired) electrons.